The molecule has 2 N–H and O–H groups in total. The number of nitrogens with one attached hydrogen (secondary N) is 2. The van der Waals surface area contributed by atoms with Gasteiger partial charge in [-0.1, -0.05) is 13.8 Å². The van der Waals surface area contributed by atoms with Gasteiger partial charge in [0, 0.05) is 23.8 Å². The van der Waals surface area contributed by atoms with E-state index in [1.54, 1.807) is 6.07 Å². The van der Waals surface area contributed by atoms with Crippen molar-refractivity contribution in [2.24, 2.45) is 0 Å². The Balaban J connectivity index is 2.21. The molecule has 0 aliphatic heterocycles. The lowest BCUT2D eigenvalue weighted by Gasteiger charge is -2.04. The monoisotopic (exact) mass is 251 g/mol. The van der Waals surface area contributed by atoms with E-state index in [2.05, 4.69) is 15.5 Å². The largest absolute Gasteiger partial charge is 0.309 e. The van der Waals surface area contributed by atoms with Crippen LogP contribution < -0.4 is 5.32 Å². The first-order valence-corrected chi connectivity index (χ1v) is 5.79. The Hall–Kier alpha value is -1.75. The predicted octanol–water partition coefficient (Wildman–Crippen LogP) is 2.85. The van der Waals surface area contributed by atoms with E-state index < -0.39 is 11.6 Å². The molecule has 0 saturated heterocycles. The summed E-state index contributed by atoms with van der Waals surface area (Å²) in [7, 11) is 0. The van der Waals surface area contributed by atoms with Crippen LogP contribution in [0, 0.1) is 11.6 Å². The molecule has 0 aliphatic rings. The van der Waals surface area contributed by atoms with Gasteiger partial charge in [0.15, 0.2) is 0 Å². The highest BCUT2D eigenvalue weighted by molar-refractivity contribution is 5.60. The number of H-pyrrole nitrogens is 1. The molecule has 1 aromatic heterocycles. The highest BCUT2D eigenvalue weighted by atomic mass is 19.1. The standard InChI is InChI=1S/C13H15F2N3/c1-8(2)16-7-10-6-13(18-17-10)11-5-9(14)3-4-12(11)15/h3-6,8,16H,7H2,1-2H3,(H,17,18). The zero-order valence-electron chi connectivity index (χ0n) is 10.3. The summed E-state index contributed by atoms with van der Waals surface area (Å²) in [6, 6.07) is 5.40. The lowest BCUT2D eigenvalue weighted by Crippen LogP contribution is -2.21. The van der Waals surface area contributed by atoms with Crippen molar-refractivity contribution in [3.05, 3.63) is 41.6 Å². The number of hydrogen-bond donors (Lipinski definition) is 2. The zero-order chi connectivity index (χ0) is 13.1. The molecule has 96 valence electrons. The molecule has 1 heterocycles. The van der Waals surface area contributed by atoms with Crippen molar-refractivity contribution in [1.82, 2.24) is 15.5 Å². The number of benzene rings is 1. The van der Waals surface area contributed by atoms with Crippen LogP contribution in [0.3, 0.4) is 0 Å². The minimum Gasteiger partial charge on any atom is -0.309 e. The van der Waals surface area contributed by atoms with Crippen LogP contribution in [0.5, 0.6) is 0 Å². The second-order valence-electron chi connectivity index (χ2n) is 4.44. The smallest absolute Gasteiger partial charge is 0.132 e. The van der Waals surface area contributed by atoms with Crippen LogP contribution in [-0.4, -0.2) is 16.2 Å². The fourth-order valence-electron chi connectivity index (χ4n) is 1.60. The molecule has 0 bridgehead atoms. The molecule has 0 saturated carbocycles. The van der Waals surface area contributed by atoms with Gasteiger partial charge in [0.05, 0.1) is 5.69 Å². The molecular weight excluding hydrogens is 236 g/mol. The van der Waals surface area contributed by atoms with Gasteiger partial charge in [0.2, 0.25) is 0 Å². The van der Waals surface area contributed by atoms with Gasteiger partial charge >= 0.3 is 0 Å². The molecule has 0 fully saturated rings. The van der Waals surface area contributed by atoms with Crippen molar-refractivity contribution >= 4 is 0 Å². The van der Waals surface area contributed by atoms with Crippen molar-refractivity contribution in [2.75, 3.05) is 0 Å². The number of nitrogens with zero attached hydrogens (tertiary/aromatic N) is 1. The van der Waals surface area contributed by atoms with Gasteiger partial charge in [-0.25, -0.2) is 8.78 Å². The molecule has 0 radical (unpaired) electrons. The second kappa shape index (κ2) is 5.27. The van der Waals surface area contributed by atoms with E-state index in [4.69, 9.17) is 0 Å². The number of halogens is 2. The van der Waals surface area contributed by atoms with Crippen LogP contribution in [0.2, 0.25) is 0 Å². The number of aromatic nitrogens is 2. The van der Waals surface area contributed by atoms with E-state index in [-0.39, 0.29) is 5.56 Å². The Bertz CT molecular complexity index is 535. The van der Waals surface area contributed by atoms with Crippen molar-refractivity contribution < 1.29 is 8.78 Å². The quantitative estimate of drug-likeness (QED) is 0.877. The maximum Gasteiger partial charge on any atom is 0.132 e. The maximum atomic E-state index is 13.5. The van der Waals surface area contributed by atoms with Crippen molar-refractivity contribution in [2.45, 2.75) is 26.4 Å². The van der Waals surface area contributed by atoms with Crippen molar-refractivity contribution in [3.63, 3.8) is 0 Å². The van der Waals surface area contributed by atoms with Crippen molar-refractivity contribution in [3.8, 4) is 11.3 Å². The summed E-state index contributed by atoms with van der Waals surface area (Å²) in [5.41, 5.74) is 1.41. The van der Waals surface area contributed by atoms with Gasteiger partial charge in [-0.05, 0) is 24.3 Å². The lowest BCUT2D eigenvalue weighted by atomic mass is 10.1. The molecule has 2 aromatic rings. The number of hydrogen-bond acceptors (Lipinski definition) is 2. The van der Waals surface area contributed by atoms with Crippen LogP contribution >= 0.6 is 0 Å². The van der Waals surface area contributed by atoms with Gasteiger partial charge in [-0.3, -0.25) is 5.10 Å². The summed E-state index contributed by atoms with van der Waals surface area (Å²) in [5.74, 6) is -0.956. The Morgan fingerprint density at radius 2 is 2.06 bits per heavy atom. The van der Waals surface area contributed by atoms with Crippen molar-refractivity contribution in [1.29, 1.82) is 0 Å². The minimum atomic E-state index is -0.480. The molecule has 3 nitrogen and oxygen atoms in total. The molecule has 0 atom stereocenters. The third-order valence-electron chi connectivity index (χ3n) is 2.54. The summed E-state index contributed by atoms with van der Waals surface area (Å²) in [4.78, 5) is 0. The molecule has 5 heteroatoms. The number of aromatic amines is 1. The van der Waals surface area contributed by atoms with E-state index in [1.807, 2.05) is 13.8 Å². The maximum absolute atomic E-state index is 13.5. The fraction of sp³-hybridized carbons (Fsp3) is 0.308. The van der Waals surface area contributed by atoms with E-state index in [0.717, 1.165) is 23.9 Å². The Kier molecular flexibility index (Phi) is 3.72. The predicted molar refractivity (Wildman–Crippen MR) is 65.9 cm³/mol. The molecule has 1 aromatic carbocycles. The fourth-order valence-corrected chi connectivity index (χ4v) is 1.60. The average Bonchev–Trinajstić information content (AvgIpc) is 2.78. The molecule has 0 spiro atoms. The van der Waals surface area contributed by atoms with E-state index in [1.165, 1.54) is 0 Å². The minimum absolute atomic E-state index is 0.169. The molecule has 18 heavy (non-hydrogen) atoms. The summed E-state index contributed by atoms with van der Waals surface area (Å²) >= 11 is 0. The normalized spacial score (nSPS) is 11.2. The van der Waals surface area contributed by atoms with Crippen LogP contribution in [0.25, 0.3) is 11.3 Å². The number of rotatable bonds is 4. The Morgan fingerprint density at radius 3 is 2.78 bits per heavy atom. The van der Waals surface area contributed by atoms with E-state index >= 15 is 0 Å². The first-order chi connectivity index (χ1) is 8.56. The SMILES string of the molecule is CC(C)NCc1cc(-c2cc(F)ccc2F)n[nH]1. The summed E-state index contributed by atoms with van der Waals surface area (Å²) in [5, 5.41) is 10.0. The highest BCUT2D eigenvalue weighted by Crippen LogP contribution is 2.22. The molecule has 0 aliphatic carbocycles. The van der Waals surface area contributed by atoms with E-state index in [0.29, 0.717) is 18.3 Å². The summed E-state index contributed by atoms with van der Waals surface area (Å²) in [6.07, 6.45) is 0. The molecule has 0 amide bonds. The summed E-state index contributed by atoms with van der Waals surface area (Å²) < 4.78 is 26.6. The van der Waals surface area contributed by atoms with Gasteiger partial charge in [0.1, 0.15) is 11.6 Å². The van der Waals surface area contributed by atoms with Gasteiger partial charge in [0.25, 0.3) is 0 Å². The molecule has 0 unspecified atom stereocenters. The Labute approximate surface area is 104 Å². The second-order valence-corrected chi connectivity index (χ2v) is 4.44. The van der Waals surface area contributed by atoms with Crippen LogP contribution in [0.1, 0.15) is 19.5 Å². The van der Waals surface area contributed by atoms with Gasteiger partial charge < -0.3 is 5.32 Å². The first-order valence-electron chi connectivity index (χ1n) is 5.79. The first kappa shape index (κ1) is 12.7. The molecular formula is C13H15F2N3. The van der Waals surface area contributed by atoms with Crippen LogP contribution in [0.15, 0.2) is 24.3 Å². The third kappa shape index (κ3) is 2.92. The third-order valence-corrected chi connectivity index (χ3v) is 2.54. The van der Waals surface area contributed by atoms with Gasteiger partial charge in [-0.2, -0.15) is 5.10 Å². The highest BCUT2D eigenvalue weighted by Gasteiger charge is 2.10. The molecule has 2 rings (SSSR count). The van der Waals surface area contributed by atoms with E-state index in [9.17, 15) is 8.78 Å². The zero-order valence-corrected chi connectivity index (χ0v) is 10.3. The van der Waals surface area contributed by atoms with Crippen LogP contribution in [0.4, 0.5) is 8.78 Å². The average molecular weight is 251 g/mol. The lowest BCUT2D eigenvalue weighted by molar-refractivity contribution is 0.580. The topological polar surface area (TPSA) is 40.7 Å². The van der Waals surface area contributed by atoms with Crippen LogP contribution in [-0.2, 0) is 6.54 Å². The summed E-state index contributed by atoms with van der Waals surface area (Å²) in [6.45, 7) is 4.68. The Morgan fingerprint density at radius 1 is 1.28 bits per heavy atom. The van der Waals surface area contributed by atoms with Gasteiger partial charge in [-0.15, -0.1) is 0 Å².